The van der Waals surface area contributed by atoms with Gasteiger partial charge in [-0.15, -0.1) is 0 Å². The Morgan fingerprint density at radius 3 is 2.67 bits per heavy atom. The van der Waals surface area contributed by atoms with Crippen molar-refractivity contribution in [2.75, 3.05) is 0 Å². The first kappa shape index (κ1) is 9.68. The van der Waals surface area contributed by atoms with E-state index in [0.29, 0.717) is 0 Å². The highest BCUT2D eigenvalue weighted by Gasteiger charge is 2.31. The predicted octanol–water partition coefficient (Wildman–Crippen LogP) is 2.84. The molecule has 0 amide bonds. The normalized spacial score (nSPS) is 29.3. The van der Waals surface area contributed by atoms with E-state index in [1.807, 2.05) is 0 Å². The molecule has 0 saturated carbocycles. The standard InChI is InChI=1S/C7H4Cl2F2O/c8-6(12)4-1-2-7(9,11)3-5(4)10/h1-2H,3H2. The average molecular weight is 213 g/mol. The van der Waals surface area contributed by atoms with E-state index in [1.54, 1.807) is 0 Å². The summed E-state index contributed by atoms with van der Waals surface area (Å²) in [5, 5.41) is -3.18. The summed E-state index contributed by atoms with van der Waals surface area (Å²) >= 11 is 10.1. The maximum absolute atomic E-state index is 12.8. The lowest BCUT2D eigenvalue weighted by atomic mass is 10.1. The molecule has 0 aromatic rings. The largest absolute Gasteiger partial charge is 0.276 e. The van der Waals surface area contributed by atoms with Crippen LogP contribution < -0.4 is 0 Å². The summed E-state index contributed by atoms with van der Waals surface area (Å²) in [5.74, 6) is -0.921. The highest BCUT2D eigenvalue weighted by atomic mass is 35.5. The van der Waals surface area contributed by atoms with Crippen molar-refractivity contribution in [1.29, 1.82) is 0 Å². The van der Waals surface area contributed by atoms with Crippen molar-refractivity contribution in [2.24, 2.45) is 0 Å². The molecule has 1 aliphatic rings. The van der Waals surface area contributed by atoms with Crippen molar-refractivity contribution in [3.05, 3.63) is 23.6 Å². The summed E-state index contributed by atoms with van der Waals surface area (Å²) in [6, 6.07) is 0. The molecule has 0 aromatic carbocycles. The van der Waals surface area contributed by atoms with E-state index in [-0.39, 0.29) is 5.57 Å². The molecule has 0 aromatic heterocycles. The van der Waals surface area contributed by atoms with Gasteiger partial charge < -0.3 is 0 Å². The summed E-state index contributed by atoms with van der Waals surface area (Å²) < 4.78 is 25.6. The molecule has 0 bridgehead atoms. The molecule has 1 atom stereocenters. The lowest BCUT2D eigenvalue weighted by molar-refractivity contribution is -0.108. The number of hydrogen-bond acceptors (Lipinski definition) is 1. The Balaban J connectivity index is 2.95. The van der Waals surface area contributed by atoms with Crippen LogP contribution in [-0.2, 0) is 4.79 Å². The highest BCUT2D eigenvalue weighted by molar-refractivity contribution is 6.68. The van der Waals surface area contributed by atoms with Gasteiger partial charge in [-0.1, -0.05) is 11.6 Å². The van der Waals surface area contributed by atoms with Crippen LogP contribution in [-0.4, -0.2) is 10.4 Å². The van der Waals surface area contributed by atoms with Gasteiger partial charge in [-0.05, 0) is 23.8 Å². The zero-order valence-electron chi connectivity index (χ0n) is 5.78. The van der Waals surface area contributed by atoms with Gasteiger partial charge in [0.25, 0.3) is 5.24 Å². The third-order valence-corrected chi connectivity index (χ3v) is 1.85. The minimum atomic E-state index is -2.24. The van der Waals surface area contributed by atoms with Crippen LogP contribution in [0.5, 0.6) is 0 Å². The Morgan fingerprint density at radius 2 is 2.25 bits per heavy atom. The lowest BCUT2D eigenvalue weighted by Crippen LogP contribution is -2.16. The topological polar surface area (TPSA) is 17.1 Å². The fourth-order valence-corrected chi connectivity index (χ4v) is 1.17. The Morgan fingerprint density at radius 1 is 1.67 bits per heavy atom. The maximum Gasteiger partial charge on any atom is 0.254 e. The first-order valence-electron chi connectivity index (χ1n) is 3.08. The minimum absolute atomic E-state index is 0.328. The maximum atomic E-state index is 12.8. The monoisotopic (exact) mass is 212 g/mol. The molecule has 0 saturated heterocycles. The fraction of sp³-hybridized carbons (Fsp3) is 0.286. The molecule has 1 unspecified atom stereocenters. The van der Waals surface area contributed by atoms with Gasteiger partial charge in [-0.3, -0.25) is 4.79 Å². The van der Waals surface area contributed by atoms with Gasteiger partial charge in [-0.2, -0.15) is 0 Å². The van der Waals surface area contributed by atoms with Gasteiger partial charge in [0.15, 0.2) is 0 Å². The predicted molar refractivity (Wildman–Crippen MR) is 42.4 cm³/mol. The Bertz CT molecular complexity index is 281. The molecule has 0 N–H and O–H groups in total. The first-order chi connectivity index (χ1) is 5.42. The molecule has 5 heteroatoms. The molecule has 66 valence electrons. The van der Waals surface area contributed by atoms with Gasteiger partial charge in [0.1, 0.15) is 5.83 Å². The van der Waals surface area contributed by atoms with Gasteiger partial charge in [0.05, 0.1) is 12.0 Å². The second kappa shape index (κ2) is 3.15. The van der Waals surface area contributed by atoms with E-state index < -0.39 is 22.6 Å². The van der Waals surface area contributed by atoms with E-state index in [9.17, 15) is 13.6 Å². The molecule has 0 heterocycles. The van der Waals surface area contributed by atoms with E-state index in [4.69, 9.17) is 23.2 Å². The summed E-state index contributed by atoms with van der Waals surface area (Å²) in [4.78, 5) is 10.5. The molecule has 0 radical (unpaired) electrons. The molecular formula is C7H4Cl2F2O. The van der Waals surface area contributed by atoms with Crippen molar-refractivity contribution in [2.45, 2.75) is 11.5 Å². The zero-order valence-corrected chi connectivity index (χ0v) is 7.29. The average Bonchev–Trinajstić information content (AvgIpc) is 1.83. The molecule has 1 aliphatic carbocycles. The first-order valence-corrected chi connectivity index (χ1v) is 3.83. The summed E-state index contributed by atoms with van der Waals surface area (Å²) in [7, 11) is 0. The van der Waals surface area contributed by atoms with Crippen LogP contribution in [0.2, 0.25) is 0 Å². The number of carbonyl (C=O) groups excluding carboxylic acids is 1. The molecule has 0 spiro atoms. The van der Waals surface area contributed by atoms with E-state index in [2.05, 4.69) is 0 Å². The van der Waals surface area contributed by atoms with Crippen molar-refractivity contribution >= 4 is 28.4 Å². The van der Waals surface area contributed by atoms with Crippen LogP contribution in [0.3, 0.4) is 0 Å². The van der Waals surface area contributed by atoms with E-state index in [1.165, 1.54) is 0 Å². The number of allylic oxidation sites excluding steroid dienone is 4. The van der Waals surface area contributed by atoms with Crippen molar-refractivity contribution < 1.29 is 13.6 Å². The van der Waals surface area contributed by atoms with Crippen LogP contribution in [0.25, 0.3) is 0 Å². The minimum Gasteiger partial charge on any atom is -0.276 e. The van der Waals surface area contributed by atoms with Gasteiger partial charge in [-0.25, -0.2) is 8.78 Å². The smallest absolute Gasteiger partial charge is 0.254 e. The number of alkyl halides is 2. The van der Waals surface area contributed by atoms with Gasteiger partial charge in [0.2, 0.25) is 5.13 Å². The Hall–Kier alpha value is -0.410. The molecule has 0 fully saturated rings. The van der Waals surface area contributed by atoms with Crippen LogP contribution in [0.4, 0.5) is 8.78 Å². The Kier molecular flexibility index (Phi) is 2.54. The van der Waals surface area contributed by atoms with E-state index >= 15 is 0 Å². The second-order valence-electron chi connectivity index (χ2n) is 2.36. The highest BCUT2D eigenvalue weighted by Crippen LogP contribution is 2.34. The van der Waals surface area contributed by atoms with Crippen LogP contribution in [0.1, 0.15) is 6.42 Å². The van der Waals surface area contributed by atoms with Crippen molar-refractivity contribution in [1.82, 2.24) is 0 Å². The molecule has 1 nitrogen and oxygen atoms in total. The van der Waals surface area contributed by atoms with Crippen LogP contribution >= 0.6 is 23.2 Å². The number of halogens is 4. The second-order valence-corrected chi connectivity index (χ2v) is 3.34. The van der Waals surface area contributed by atoms with E-state index in [0.717, 1.165) is 12.2 Å². The molecule has 12 heavy (non-hydrogen) atoms. The SMILES string of the molecule is O=C(Cl)C1=C(F)CC(F)(Cl)C=C1. The van der Waals surface area contributed by atoms with Gasteiger partial charge in [0, 0.05) is 0 Å². The summed E-state index contributed by atoms with van der Waals surface area (Å²) in [5.41, 5.74) is -0.328. The third-order valence-electron chi connectivity index (χ3n) is 1.39. The number of rotatable bonds is 1. The van der Waals surface area contributed by atoms with Crippen molar-refractivity contribution in [3.63, 3.8) is 0 Å². The zero-order chi connectivity index (χ0) is 9.35. The molecule has 0 aliphatic heterocycles. The van der Waals surface area contributed by atoms with Crippen LogP contribution in [0, 0.1) is 0 Å². The number of hydrogen-bond donors (Lipinski definition) is 0. The fourth-order valence-electron chi connectivity index (χ4n) is 0.829. The summed E-state index contributed by atoms with van der Waals surface area (Å²) in [6.07, 6.45) is 1.19. The molecule has 1 rings (SSSR count). The number of carbonyl (C=O) groups is 1. The lowest BCUT2D eigenvalue weighted by Gasteiger charge is -2.16. The quantitative estimate of drug-likeness (QED) is 0.483. The van der Waals surface area contributed by atoms with Crippen molar-refractivity contribution in [3.8, 4) is 0 Å². The molecular weight excluding hydrogens is 209 g/mol. The third kappa shape index (κ3) is 2.05. The summed E-state index contributed by atoms with van der Waals surface area (Å²) in [6.45, 7) is 0. The Labute approximate surface area is 77.6 Å². The van der Waals surface area contributed by atoms with Crippen LogP contribution in [0.15, 0.2) is 23.6 Å². The van der Waals surface area contributed by atoms with Gasteiger partial charge >= 0.3 is 0 Å².